The Morgan fingerprint density at radius 2 is 2.24 bits per heavy atom. The lowest BCUT2D eigenvalue weighted by molar-refractivity contribution is 0.0789. The number of nitrogens with zero attached hydrogens (tertiary/aromatic N) is 3. The summed E-state index contributed by atoms with van der Waals surface area (Å²) in [6.45, 7) is 1.51. The van der Waals surface area contributed by atoms with E-state index in [9.17, 15) is 4.79 Å². The maximum absolute atomic E-state index is 12.8. The molecule has 21 heavy (non-hydrogen) atoms. The summed E-state index contributed by atoms with van der Waals surface area (Å²) in [5.74, 6) is 0.106. The first-order valence-electron chi connectivity index (χ1n) is 7.17. The normalized spacial score (nSPS) is 18.5. The molecule has 0 bridgehead atoms. The molecule has 5 heteroatoms. The van der Waals surface area contributed by atoms with Gasteiger partial charge in [-0.2, -0.15) is 5.10 Å². The lowest BCUT2D eigenvalue weighted by Crippen LogP contribution is -2.29. The largest absolute Gasteiger partial charge is 0.361 e. The van der Waals surface area contributed by atoms with Crippen molar-refractivity contribution in [2.24, 2.45) is 0 Å². The van der Waals surface area contributed by atoms with Crippen LogP contribution in [0.1, 0.15) is 22.8 Å². The monoisotopic (exact) mass is 280 g/mol. The van der Waals surface area contributed by atoms with E-state index in [1.807, 2.05) is 52.3 Å². The summed E-state index contributed by atoms with van der Waals surface area (Å²) < 4.78 is 1.95. The molecular weight excluding hydrogens is 264 g/mol. The number of nitrogens with one attached hydrogen (secondary N) is 1. The highest BCUT2D eigenvalue weighted by atomic mass is 16.2. The molecule has 2 aromatic heterocycles. The van der Waals surface area contributed by atoms with Crippen LogP contribution in [-0.2, 0) is 0 Å². The van der Waals surface area contributed by atoms with Gasteiger partial charge in [-0.05, 0) is 30.7 Å². The van der Waals surface area contributed by atoms with Crippen LogP contribution >= 0.6 is 0 Å². The molecule has 3 aromatic rings. The Labute approximate surface area is 122 Å². The van der Waals surface area contributed by atoms with Gasteiger partial charge in [-0.3, -0.25) is 9.48 Å². The number of H-pyrrole nitrogens is 1. The van der Waals surface area contributed by atoms with E-state index in [1.54, 1.807) is 6.20 Å². The second-order valence-corrected chi connectivity index (χ2v) is 5.42. The molecule has 1 aliphatic rings. The number of likely N-dealkylation sites (tertiary alicyclic amines) is 1. The molecule has 1 amide bonds. The molecule has 3 heterocycles. The van der Waals surface area contributed by atoms with E-state index < -0.39 is 0 Å². The van der Waals surface area contributed by atoms with Crippen LogP contribution in [0.25, 0.3) is 10.9 Å². The summed E-state index contributed by atoms with van der Waals surface area (Å²) >= 11 is 0. The Balaban J connectivity index is 1.60. The molecule has 1 unspecified atom stereocenters. The third-order valence-electron chi connectivity index (χ3n) is 4.17. The Morgan fingerprint density at radius 3 is 3.10 bits per heavy atom. The minimum atomic E-state index is 0.106. The van der Waals surface area contributed by atoms with E-state index in [0.29, 0.717) is 0 Å². The van der Waals surface area contributed by atoms with Gasteiger partial charge in [0, 0.05) is 48.1 Å². The first-order valence-corrected chi connectivity index (χ1v) is 7.17. The van der Waals surface area contributed by atoms with Crippen LogP contribution in [0.15, 0.2) is 48.9 Å². The third-order valence-corrected chi connectivity index (χ3v) is 4.17. The predicted octanol–water partition coefficient (Wildman–Crippen LogP) is 2.45. The van der Waals surface area contributed by atoms with Gasteiger partial charge >= 0.3 is 0 Å². The Morgan fingerprint density at radius 1 is 1.29 bits per heavy atom. The van der Waals surface area contributed by atoms with Gasteiger partial charge < -0.3 is 9.88 Å². The number of fused-ring (bicyclic) bond motifs is 1. The highest BCUT2D eigenvalue weighted by Crippen LogP contribution is 2.25. The van der Waals surface area contributed by atoms with Crippen LogP contribution in [0.3, 0.4) is 0 Å². The third kappa shape index (κ3) is 2.01. The van der Waals surface area contributed by atoms with Gasteiger partial charge in [-0.25, -0.2) is 0 Å². The highest BCUT2D eigenvalue weighted by Gasteiger charge is 2.28. The minimum Gasteiger partial charge on any atom is -0.361 e. The SMILES string of the molecule is O=C(c1cccc2[nH]ccc12)N1CCC(n2cccn2)C1. The van der Waals surface area contributed by atoms with Crippen LogP contribution < -0.4 is 0 Å². The van der Waals surface area contributed by atoms with Crippen molar-refractivity contribution in [1.82, 2.24) is 19.7 Å². The average Bonchev–Trinajstić information content (AvgIpc) is 3.23. The smallest absolute Gasteiger partial charge is 0.254 e. The number of carbonyl (C=O) groups is 1. The number of amides is 1. The molecule has 1 aliphatic heterocycles. The molecule has 106 valence electrons. The van der Waals surface area contributed by atoms with Crippen molar-refractivity contribution in [3.05, 3.63) is 54.5 Å². The number of aromatic nitrogens is 3. The maximum Gasteiger partial charge on any atom is 0.254 e. The molecule has 1 aromatic carbocycles. The van der Waals surface area contributed by atoms with E-state index in [1.165, 1.54) is 0 Å². The zero-order valence-electron chi connectivity index (χ0n) is 11.6. The number of benzene rings is 1. The Bertz CT molecular complexity index is 775. The topological polar surface area (TPSA) is 53.9 Å². The molecule has 0 aliphatic carbocycles. The van der Waals surface area contributed by atoms with Crippen molar-refractivity contribution in [3.8, 4) is 0 Å². The van der Waals surface area contributed by atoms with Gasteiger partial charge in [-0.1, -0.05) is 6.07 Å². The lowest BCUT2D eigenvalue weighted by Gasteiger charge is -2.17. The first-order chi connectivity index (χ1) is 10.3. The average molecular weight is 280 g/mol. The molecule has 1 atom stereocenters. The van der Waals surface area contributed by atoms with Gasteiger partial charge in [0.25, 0.3) is 5.91 Å². The van der Waals surface area contributed by atoms with E-state index in [4.69, 9.17) is 0 Å². The Hall–Kier alpha value is -2.56. The summed E-state index contributed by atoms with van der Waals surface area (Å²) in [6, 6.07) is 9.99. The van der Waals surface area contributed by atoms with Crippen LogP contribution in [-0.4, -0.2) is 38.7 Å². The number of carbonyl (C=O) groups excluding carboxylic acids is 1. The van der Waals surface area contributed by atoms with Crippen LogP contribution in [0, 0.1) is 0 Å². The molecule has 0 saturated carbocycles. The second-order valence-electron chi connectivity index (χ2n) is 5.42. The summed E-state index contributed by atoms with van der Waals surface area (Å²) in [7, 11) is 0. The zero-order valence-corrected chi connectivity index (χ0v) is 11.6. The Kier molecular flexibility index (Phi) is 2.77. The summed E-state index contributed by atoms with van der Waals surface area (Å²) in [6.07, 6.45) is 6.57. The van der Waals surface area contributed by atoms with E-state index in [0.717, 1.165) is 36.0 Å². The molecule has 1 N–H and O–H groups in total. The number of rotatable bonds is 2. The molecule has 0 radical (unpaired) electrons. The molecule has 1 fully saturated rings. The van der Waals surface area contributed by atoms with E-state index in [2.05, 4.69) is 10.1 Å². The first kappa shape index (κ1) is 12.2. The summed E-state index contributed by atoms with van der Waals surface area (Å²) in [4.78, 5) is 17.8. The van der Waals surface area contributed by atoms with Crippen molar-refractivity contribution < 1.29 is 4.79 Å². The fraction of sp³-hybridized carbons (Fsp3) is 0.250. The van der Waals surface area contributed by atoms with E-state index >= 15 is 0 Å². The fourth-order valence-corrected chi connectivity index (χ4v) is 3.08. The molecule has 0 spiro atoms. The van der Waals surface area contributed by atoms with Crippen molar-refractivity contribution >= 4 is 16.8 Å². The molecule has 4 rings (SSSR count). The quantitative estimate of drug-likeness (QED) is 0.784. The maximum atomic E-state index is 12.8. The van der Waals surface area contributed by atoms with E-state index in [-0.39, 0.29) is 11.9 Å². The van der Waals surface area contributed by atoms with Gasteiger partial charge in [-0.15, -0.1) is 0 Å². The highest BCUT2D eigenvalue weighted by molar-refractivity contribution is 6.06. The van der Waals surface area contributed by atoms with Gasteiger partial charge in [0.1, 0.15) is 0 Å². The van der Waals surface area contributed by atoms with Gasteiger partial charge in [0.15, 0.2) is 0 Å². The van der Waals surface area contributed by atoms with Crippen molar-refractivity contribution in [3.63, 3.8) is 0 Å². The summed E-state index contributed by atoms with van der Waals surface area (Å²) in [5, 5.41) is 5.27. The number of hydrogen-bond acceptors (Lipinski definition) is 2. The molecular formula is C16H16N4O. The summed E-state index contributed by atoms with van der Waals surface area (Å²) in [5.41, 5.74) is 1.78. The van der Waals surface area contributed by atoms with Gasteiger partial charge in [0.2, 0.25) is 0 Å². The predicted molar refractivity (Wildman–Crippen MR) is 80.1 cm³/mol. The standard InChI is InChI=1S/C16H16N4O/c21-16(14-3-1-4-15-13(14)5-8-17-15)19-10-6-12(11-19)20-9-2-7-18-20/h1-5,7-9,12,17H,6,10-11H2. The van der Waals surface area contributed by atoms with Crippen molar-refractivity contribution in [1.29, 1.82) is 0 Å². The molecule has 1 saturated heterocycles. The van der Waals surface area contributed by atoms with Crippen LogP contribution in [0.5, 0.6) is 0 Å². The second kappa shape index (κ2) is 4.77. The number of aromatic amines is 1. The van der Waals surface area contributed by atoms with Crippen LogP contribution in [0.2, 0.25) is 0 Å². The lowest BCUT2D eigenvalue weighted by atomic mass is 10.1. The number of hydrogen-bond donors (Lipinski definition) is 1. The van der Waals surface area contributed by atoms with Crippen molar-refractivity contribution in [2.45, 2.75) is 12.5 Å². The molecule has 5 nitrogen and oxygen atoms in total. The zero-order chi connectivity index (χ0) is 14.2. The van der Waals surface area contributed by atoms with Gasteiger partial charge in [0.05, 0.1) is 6.04 Å². The minimum absolute atomic E-state index is 0.106. The fourth-order valence-electron chi connectivity index (χ4n) is 3.08. The van der Waals surface area contributed by atoms with Crippen molar-refractivity contribution in [2.75, 3.05) is 13.1 Å². The van der Waals surface area contributed by atoms with Crippen LogP contribution in [0.4, 0.5) is 0 Å².